The summed E-state index contributed by atoms with van der Waals surface area (Å²) < 4.78 is 5.16. The molecule has 1 aliphatic rings. The van der Waals surface area contributed by atoms with Gasteiger partial charge >= 0.3 is 0 Å². The number of amides is 2. The molecule has 0 unspecified atom stereocenters. The fourth-order valence-electron chi connectivity index (χ4n) is 2.70. The van der Waals surface area contributed by atoms with Crippen LogP contribution in [0.2, 0.25) is 0 Å². The van der Waals surface area contributed by atoms with E-state index in [-0.39, 0.29) is 24.4 Å². The molecule has 0 saturated heterocycles. The van der Waals surface area contributed by atoms with Crippen molar-refractivity contribution in [2.75, 3.05) is 6.54 Å². The van der Waals surface area contributed by atoms with Crippen LogP contribution < -0.4 is 5.32 Å². The van der Waals surface area contributed by atoms with Crippen LogP contribution in [0.1, 0.15) is 44.8 Å². The van der Waals surface area contributed by atoms with Gasteiger partial charge in [-0.2, -0.15) is 0 Å². The van der Waals surface area contributed by atoms with Crippen LogP contribution in [0.25, 0.3) is 0 Å². The van der Waals surface area contributed by atoms with Gasteiger partial charge in [-0.3, -0.25) is 9.59 Å². The van der Waals surface area contributed by atoms with Crippen LogP contribution in [0, 0.1) is 0 Å². The summed E-state index contributed by atoms with van der Waals surface area (Å²) in [6, 6.07) is 3.81. The summed E-state index contributed by atoms with van der Waals surface area (Å²) in [7, 11) is 0. The molecule has 2 amide bonds. The normalized spacial score (nSPS) is 15.8. The lowest BCUT2D eigenvalue weighted by atomic mass is 9.94. The lowest BCUT2D eigenvalue weighted by Gasteiger charge is -2.33. The predicted octanol–water partition coefficient (Wildman–Crippen LogP) is 2.08. The average molecular weight is 278 g/mol. The molecule has 1 fully saturated rings. The van der Waals surface area contributed by atoms with E-state index in [1.807, 2.05) is 6.07 Å². The van der Waals surface area contributed by atoms with E-state index >= 15 is 0 Å². The van der Waals surface area contributed by atoms with Crippen LogP contribution in [0.5, 0.6) is 0 Å². The van der Waals surface area contributed by atoms with Crippen LogP contribution in [0.4, 0.5) is 0 Å². The van der Waals surface area contributed by atoms with E-state index in [1.54, 1.807) is 17.2 Å². The molecule has 5 heteroatoms. The van der Waals surface area contributed by atoms with E-state index in [9.17, 15) is 9.59 Å². The Morgan fingerprint density at radius 1 is 1.35 bits per heavy atom. The Labute approximate surface area is 119 Å². The smallest absolute Gasteiger partial charge is 0.240 e. The lowest BCUT2D eigenvalue weighted by Crippen LogP contribution is -2.46. The third-order valence-electron chi connectivity index (χ3n) is 3.77. The molecule has 20 heavy (non-hydrogen) atoms. The van der Waals surface area contributed by atoms with Gasteiger partial charge < -0.3 is 14.6 Å². The Morgan fingerprint density at radius 3 is 2.70 bits per heavy atom. The Morgan fingerprint density at radius 2 is 2.10 bits per heavy atom. The molecule has 0 aromatic carbocycles. The van der Waals surface area contributed by atoms with Crippen molar-refractivity contribution in [3.63, 3.8) is 0 Å². The topological polar surface area (TPSA) is 62.6 Å². The van der Waals surface area contributed by atoms with Gasteiger partial charge in [-0.1, -0.05) is 19.3 Å². The van der Waals surface area contributed by atoms with Gasteiger partial charge in [0.25, 0.3) is 0 Å². The maximum atomic E-state index is 11.9. The first-order valence-corrected chi connectivity index (χ1v) is 7.23. The van der Waals surface area contributed by atoms with Crippen LogP contribution in [-0.2, 0) is 16.1 Å². The van der Waals surface area contributed by atoms with E-state index < -0.39 is 0 Å². The first-order valence-electron chi connectivity index (χ1n) is 7.23. The second kappa shape index (κ2) is 7.12. The van der Waals surface area contributed by atoms with Gasteiger partial charge in [0, 0.05) is 13.0 Å². The van der Waals surface area contributed by atoms with E-state index in [1.165, 1.54) is 13.3 Å². The quantitative estimate of drug-likeness (QED) is 0.897. The van der Waals surface area contributed by atoms with Gasteiger partial charge in [-0.05, 0) is 25.0 Å². The van der Waals surface area contributed by atoms with Crippen molar-refractivity contribution in [2.24, 2.45) is 0 Å². The van der Waals surface area contributed by atoms with Crippen molar-refractivity contribution in [2.45, 2.75) is 51.6 Å². The van der Waals surface area contributed by atoms with Crippen LogP contribution in [0.3, 0.4) is 0 Å². The summed E-state index contributed by atoms with van der Waals surface area (Å²) in [4.78, 5) is 25.4. The fourth-order valence-corrected chi connectivity index (χ4v) is 2.70. The van der Waals surface area contributed by atoms with E-state index in [4.69, 9.17) is 4.42 Å². The maximum absolute atomic E-state index is 11.9. The first kappa shape index (κ1) is 14.6. The molecule has 0 atom stereocenters. The summed E-state index contributed by atoms with van der Waals surface area (Å²) in [5, 5.41) is 2.78. The van der Waals surface area contributed by atoms with Gasteiger partial charge in [0.05, 0.1) is 19.4 Å². The Bertz CT molecular complexity index is 436. The van der Waals surface area contributed by atoms with E-state index in [0.29, 0.717) is 12.3 Å². The molecule has 0 radical (unpaired) electrons. The standard InChI is InChI=1S/C15H22N2O3/c1-12(18)17(13-6-3-2-4-7-13)11-15(19)16-10-14-8-5-9-20-14/h5,8-9,13H,2-4,6-7,10-11H2,1H3,(H,16,19). The summed E-state index contributed by atoms with van der Waals surface area (Å²) in [5.41, 5.74) is 0. The molecular weight excluding hydrogens is 256 g/mol. The minimum atomic E-state index is -0.137. The molecule has 0 aliphatic heterocycles. The number of carbonyl (C=O) groups is 2. The molecule has 5 nitrogen and oxygen atoms in total. The molecule has 1 heterocycles. The largest absolute Gasteiger partial charge is 0.467 e. The zero-order chi connectivity index (χ0) is 14.4. The molecule has 1 N–H and O–H groups in total. The third kappa shape index (κ3) is 4.11. The SMILES string of the molecule is CC(=O)N(CC(=O)NCc1ccco1)C1CCCCC1. The Balaban J connectivity index is 1.83. The minimum Gasteiger partial charge on any atom is -0.467 e. The monoisotopic (exact) mass is 278 g/mol. The molecule has 1 aliphatic carbocycles. The van der Waals surface area contributed by atoms with Crippen molar-refractivity contribution >= 4 is 11.8 Å². The highest BCUT2D eigenvalue weighted by Crippen LogP contribution is 2.22. The van der Waals surface area contributed by atoms with Crippen LogP contribution in [-0.4, -0.2) is 29.3 Å². The predicted molar refractivity (Wildman–Crippen MR) is 74.8 cm³/mol. The van der Waals surface area contributed by atoms with Crippen molar-refractivity contribution in [3.8, 4) is 0 Å². The average Bonchev–Trinajstić information content (AvgIpc) is 2.96. The number of hydrogen-bond donors (Lipinski definition) is 1. The maximum Gasteiger partial charge on any atom is 0.240 e. The van der Waals surface area contributed by atoms with Crippen molar-refractivity contribution in [3.05, 3.63) is 24.2 Å². The van der Waals surface area contributed by atoms with E-state index in [2.05, 4.69) is 5.32 Å². The second-order valence-electron chi connectivity index (χ2n) is 5.29. The molecule has 1 saturated carbocycles. The van der Waals surface area contributed by atoms with Gasteiger partial charge in [0.15, 0.2) is 0 Å². The Kier molecular flexibility index (Phi) is 5.21. The molecule has 1 aromatic rings. The molecule has 0 spiro atoms. The number of furan rings is 1. The molecule has 110 valence electrons. The minimum absolute atomic E-state index is 0.0231. The number of rotatable bonds is 5. The summed E-state index contributed by atoms with van der Waals surface area (Å²) in [6.07, 6.45) is 7.10. The molecule has 0 bridgehead atoms. The zero-order valence-corrected chi connectivity index (χ0v) is 11.9. The van der Waals surface area contributed by atoms with Crippen molar-refractivity contribution in [1.29, 1.82) is 0 Å². The van der Waals surface area contributed by atoms with Gasteiger partial charge in [-0.15, -0.1) is 0 Å². The lowest BCUT2D eigenvalue weighted by molar-refractivity contribution is -0.137. The highest BCUT2D eigenvalue weighted by molar-refractivity contribution is 5.83. The third-order valence-corrected chi connectivity index (χ3v) is 3.77. The number of nitrogens with one attached hydrogen (secondary N) is 1. The number of carbonyl (C=O) groups excluding carboxylic acids is 2. The molecule has 1 aromatic heterocycles. The summed E-state index contributed by atoms with van der Waals surface area (Å²) in [5.74, 6) is 0.553. The van der Waals surface area contributed by atoms with Crippen LogP contribution >= 0.6 is 0 Å². The highest BCUT2D eigenvalue weighted by Gasteiger charge is 2.24. The van der Waals surface area contributed by atoms with E-state index in [0.717, 1.165) is 25.7 Å². The van der Waals surface area contributed by atoms with Gasteiger partial charge in [-0.25, -0.2) is 0 Å². The summed E-state index contributed by atoms with van der Waals surface area (Å²) >= 11 is 0. The molecular formula is C15H22N2O3. The van der Waals surface area contributed by atoms with Gasteiger partial charge in [0.1, 0.15) is 5.76 Å². The highest BCUT2D eigenvalue weighted by atomic mass is 16.3. The zero-order valence-electron chi connectivity index (χ0n) is 11.9. The first-order chi connectivity index (χ1) is 9.66. The van der Waals surface area contributed by atoms with Crippen molar-refractivity contribution < 1.29 is 14.0 Å². The molecule has 2 rings (SSSR count). The van der Waals surface area contributed by atoms with Gasteiger partial charge in [0.2, 0.25) is 11.8 Å². The fraction of sp³-hybridized carbons (Fsp3) is 0.600. The number of nitrogens with zero attached hydrogens (tertiary/aromatic N) is 1. The summed E-state index contributed by atoms with van der Waals surface area (Å²) in [6.45, 7) is 2.04. The van der Waals surface area contributed by atoms with Crippen LogP contribution in [0.15, 0.2) is 22.8 Å². The number of hydrogen-bond acceptors (Lipinski definition) is 3. The van der Waals surface area contributed by atoms with Crippen molar-refractivity contribution in [1.82, 2.24) is 10.2 Å². The second-order valence-corrected chi connectivity index (χ2v) is 5.29. The Hall–Kier alpha value is -1.78.